The summed E-state index contributed by atoms with van der Waals surface area (Å²) in [5, 5.41) is 28.5. The average Bonchev–Trinajstić information content (AvgIpc) is 3.22. The lowest BCUT2D eigenvalue weighted by Gasteiger charge is -2.21. The van der Waals surface area contributed by atoms with Crippen molar-refractivity contribution in [1.82, 2.24) is 15.2 Å². The zero-order valence-electron chi connectivity index (χ0n) is 15.7. The quantitative estimate of drug-likeness (QED) is 0.543. The summed E-state index contributed by atoms with van der Waals surface area (Å²) >= 11 is 0. The third-order valence-electron chi connectivity index (χ3n) is 5.05. The summed E-state index contributed by atoms with van der Waals surface area (Å²) in [7, 11) is 0. The summed E-state index contributed by atoms with van der Waals surface area (Å²) in [6.45, 7) is 3.76. The van der Waals surface area contributed by atoms with Crippen LogP contribution in [-0.2, 0) is 5.41 Å². The molecule has 4 rings (SSSR count). The van der Waals surface area contributed by atoms with Gasteiger partial charge in [-0.3, -0.25) is 5.10 Å². The van der Waals surface area contributed by atoms with Crippen molar-refractivity contribution in [2.24, 2.45) is 0 Å². The molecule has 28 heavy (non-hydrogen) atoms. The largest absolute Gasteiger partial charge is 0.384 e. The van der Waals surface area contributed by atoms with Crippen molar-refractivity contribution in [1.29, 1.82) is 5.26 Å². The van der Waals surface area contributed by atoms with E-state index < -0.39 is 11.5 Å². The first-order chi connectivity index (χ1) is 13.5. The van der Waals surface area contributed by atoms with E-state index in [-0.39, 0.29) is 1.43 Å². The SMILES string of the molecule is CC(C)(C#N)c1cc(-c2ccnc3[nH]ncc23)cc(C(O)c2ccccc2)c1.[HH]. The first-order valence-electron chi connectivity index (χ1n) is 9.08. The van der Waals surface area contributed by atoms with Gasteiger partial charge in [-0.1, -0.05) is 36.4 Å². The zero-order chi connectivity index (χ0) is 19.7. The fraction of sp³-hybridized carbons (Fsp3) is 0.174. The van der Waals surface area contributed by atoms with Gasteiger partial charge >= 0.3 is 0 Å². The monoisotopic (exact) mass is 370 g/mol. The van der Waals surface area contributed by atoms with Crippen LogP contribution in [0.25, 0.3) is 22.2 Å². The van der Waals surface area contributed by atoms with Crippen molar-refractivity contribution in [3.8, 4) is 17.2 Å². The fourth-order valence-corrected chi connectivity index (χ4v) is 3.32. The van der Waals surface area contributed by atoms with E-state index in [1.807, 2.05) is 68.4 Å². The van der Waals surface area contributed by atoms with Gasteiger partial charge in [-0.15, -0.1) is 0 Å². The molecule has 0 aliphatic rings. The van der Waals surface area contributed by atoms with Crippen molar-refractivity contribution in [3.05, 3.63) is 83.7 Å². The van der Waals surface area contributed by atoms with Crippen LogP contribution in [0, 0.1) is 11.3 Å². The fourth-order valence-electron chi connectivity index (χ4n) is 3.32. The van der Waals surface area contributed by atoms with E-state index >= 15 is 0 Å². The van der Waals surface area contributed by atoms with E-state index in [9.17, 15) is 10.4 Å². The Morgan fingerprint density at radius 1 is 1.11 bits per heavy atom. The van der Waals surface area contributed by atoms with Gasteiger partial charge in [-0.2, -0.15) is 10.4 Å². The van der Waals surface area contributed by atoms with E-state index in [0.717, 1.165) is 33.2 Å². The molecule has 0 saturated carbocycles. The standard InChI is InChI=1S/C23H20N4O.H2/c1-23(2,14-24)18-11-16(19-8-9-25-22-20(19)13-26-27-22)10-17(12-18)21(28)15-6-4-3-5-7-15;/h3-13,21,28H,1-2H3,(H,25,26,27);1H. The maximum atomic E-state index is 11.0. The van der Waals surface area contributed by atoms with Gasteiger partial charge < -0.3 is 5.11 Å². The number of nitriles is 1. The van der Waals surface area contributed by atoms with Crippen LogP contribution in [0.1, 0.15) is 38.1 Å². The molecule has 5 nitrogen and oxygen atoms in total. The maximum Gasteiger partial charge on any atom is 0.155 e. The highest BCUT2D eigenvalue weighted by Crippen LogP contribution is 2.35. The Balaban J connectivity index is 0.00000240. The molecule has 2 N–H and O–H groups in total. The number of aromatic nitrogens is 3. The number of H-pyrrole nitrogens is 1. The normalized spacial score (nSPS) is 12.6. The summed E-state index contributed by atoms with van der Waals surface area (Å²) < 4.78 is 0. The second-order valence-corrected chi connectivity index (χ2v) is 7.38. The molecule has 0 spiro atoms. The molecule has 4 aromatic rings. The van der Waals surface area contributed by atoms with Crippen LogP contribution in [0.15, 0.2) is 67.0 Å². The molecule has 0 radical (unpaired) electrons. The Labute approximate surface area is 164 Å². The van der Waals surface area contributed by atoms with Crippen LogP contribution < -0.4 is 0 Å². The van der Waals surface area contributed by atoms with Crippen molar-refractivity contribution in [3.63, 3.8) is 0 Å². The van der Waals surface area contributed by atoms with Crippen molar-refractivity contribution >= 4 is 11.0 Å². The molecule has 0 fully saturated rings. The van der Waals surface area contributed by atoms with Gasteiger partial charge in [0.05, 0.1) is 17.7 Å². The van der Waals surface area contributed by atoms with Gasteiger partial charge in [0, 0.05) is 13.0 Å². The molecule has 0 saturated heterocycles. The topological polar surface area (TPSA) is 85.6 Å². The van der Waals surface area contributed by atoms with Gasteiger partial charge in [0.15, 0.2) is 5.65 Å². The van der Waals surface area contributed by atoms with Gasteiger partial charge in [0.1, 0.15) is 6.10 Å². The summed E-state index contributed by atoms with van der Waals surface area (Å²) in [4.78, 5) is 4.30. The predicted molar refractivity (Wildman–Crippen MR) is 111 cm³/mol. The van der Waals surface area contributed by atoms with Crippen LogP contribution in [0.3, 0.4) is 0 Å². The molecule has 140 valence electrons. The zero-order valence-corrected chi connectivity index (χ0v) is 15.7. The molecule has 1 unspecified atom stereocenters. The summed E-state index contributed by atoms with van der Waals surface area (Å²) in [5.41, 5.74) is 4.29. The molecule has 2 aromatic heterocycles. The van der Waals surface area contributed by atoms with Gasteiger partial charge in [-0.05, 0) is 59.9 Å². The van der Waals surface area contributed by atoms with Gasteiger partial charge in [0.2, 0.25) is 0 Å². The van der Waals surface area contributed by atoms with Crippen LogP contribution in [0.5, 0.6) is 0 Å². The number of pyridine rings is 1. The maximum absolute atomic E-state index is 11.0. The summed E-state index contributed by atoms with van der Waals surface area (Å²) in [6.07, 6.45) is 2.69. The number of nitrogens with one attached hydrogen (secondary N) is 1. The van der Waals surface area contributed by atoms with E-state index in [4.69, 9.17) is 0 Å². The van der Waals surface area contributed by atoms with E-state index in [2.05, 4.69) is 21.3 Å². The van der Waals surface area contributed by atoms with E-state index in [0.29, 0.717) is 5.65 Å². The summed E-state index contributed by atoms with van der Waals surface area (Å²) in [6, 6.07) is 19.7. The second kappa shape index (κ2) is 6.91. The Kier molecular flexibility index (Phi) is 4.42. The lowest BCUT2D eigenvalue weighted by Crippen LogP contribution is -2.15. The number of fused-ring (bicyclic) bond motifs is 1. The van der Waals surface area contributed by atoms with E-state index in [1.165, 1.54) is 0 Å². The number of aliphatic hydroxyl groups excluding tert-OH is 1. The Morgan fingerprint density at radius 2 is 1.89 bits per heavy atom. The minimum atomic E-state index is -0.781. The molecule has 2 aromatic carbocycles. The molecular weight excluding hydrogens is 348 g/mol. The molecule has 0 amide bonds. The second-order valence-electron chi connectivity index (χ2n) is 7.38. The molecule has 0 bridgehead atoms. The van der Waals surface area contributed by atoms with Crippen LogP contribution in [0.2, 0.25) is 0 Å². The highest BCUT2D eigenvalue weighted by Gasteiger charge is 2.23. The number of rotatable bonds is 4. The first-order valence-corrected chi connectivity index (χ1v) is 9.08. The molecule has 2 heterocycles. The molecular formula is C23H22N4O. The van der Waals surface area contributed by atoms with Gasteiger partial charge in [-0.25, -0.2) is 4.98 Å². The summed E-state index contributed by atoms with van der Waals surface area (Å²) in [5.74, 6) is 0. The van der Waals surface area contributed by atoms with Crippen LogP contribution in [0.4, 0.5) is 0 Å². The Morgan fingerprint density at radius 3 is 2.64 bits per heavy atom. The minimum Gasteiger partial charge on any atom is -0.384 e. The number of aromatic amines is 1. The van der Waals surface area contributed by atoms with E-state index in [1.54, 1.807) is 12.4 Å². The number of nitrogens with zero attached hydrogens (tertiary/aromatic N) is 3. The van der Waals surface area contributed by atoms with Crippen molar-refractivity contribution < 1.29 is 6.53 Å². The minimum absolute atomic E-state index is 0. The Bertz CT molecular complexity index is 1180. The predicted octanol–water partition coefficient (Wildman–Crippen LogP) is 4.75. The number of hydrogen-bond donors (Lipinski definition) is 2. The van der Waals surface area contributed by atoms with Crippen molar-refractivity contribution in [2.45, 2.75) is 25.4 Å². The lowest BCUT2D eigenvalue weighted by molar-refractivity contribution is 0.220. The Hall–Kier alpha value is -3.49. The van der Waals surface area contributed by atoms with Crippen molar-refractivity contribution in [2.75, 3.05) is 0 Å². The number of benzene rings is 2. The third kappa shape index (κ3) is 3.15. The molecule has 0 aliphatic carbocycles. The average molecular weight is 370 g/mol. The highest BCUT2D eigenvalue weighted by atomic mass is 16.3. The lowest BCUT2D eigenvalue weighted by atomic mass is 9.82. The third-order valence-corrected chi connectivity index (χ3v) is 5.05. The van der Waals surface area contributed by atoms with Crippen LogP contribution >= 0.6 is 0 Å². The number of aliphatic hydroxyl groups is 1. The smallest absolute Gasteiger partial charge is 0.155 e. The van der Waals surface area contributed by atoms with Crippen LogP contribution in [-0.4, -0.2) is 20.3 Å². The van der Waals surface area contributed by atoms with Gasteiger partial charge in [0.25, 0.3) is 0 Å². The molecule has 1 atom stereocenters. The highest BCUT2D eigenvalue weighted by molar-refractivity contribution is 5.92. The number of hydrogen-bond acceptors (Lipinski definition) is 4. The molecule has 5 heteroatoms. The molecule has 0 aliphatic heterocycles. The first kappa shape index (κ1) is 17.9.